The second-order valence-corrected chi connectivity index (χ2v) is 4.49. The number of fused-ring (bicyclic) bond motifs is 1. The summed E-state index contributed by atoms with van der Waals surface area (Å²) in [6, 6.07) is 9.10. The van der Waals surface area contributed by atoms with Gasteiger partial charge in [0.15, 0.2) is 17.3 Å². The fourth-order valence-electron chi connectivity index (χ4n) is 2.01. The lowest BCUT2D eigenvalue weighted by molar-refractivity contribution is 0.0921. The van der Waals surface area contributed by atoms with E-state index in [0.29, 0.717) is 18.1 Å². The van der Waals surface area contributed by atoms with Gasteiger partial charge in [0.25, 0.3) is 5.91 Å². The lowest BCUT2D eigenvalue weighted by Gasteiger charge is -2.04. The van der Waals surface area contributed by atoms with Gasteiger partial charge in [0.05, 0.1) is 0 Å². The van der Waals surface area contributed by atoms with E-state index in [9.17, 15) is 4.79 Å². The average molecular weight is 273 g/mol. The summed E-state index contributed by atoms with van der Waals surface area (Å²) in [5.74, 6) is 2.37. The summed E-state index contributed by atoms with van der Waals surface area (Å²) in [7, 11) is 0. The fourth-order valence-corrected chi connectivity index (χ4v) is 2.01. The van der Waals surface area contributed by atoms with Gasteiger partial charge in [0.1, 0.15) is 5.76 Å². The Morgan fingerprint density at radius 1 is 1.20 bits per heavy atom. The monoisotopic (exact) mass is 273 g/mol. The molecule has 1 aromatic heterocycles. The number of furan rings is 1. The Hall–Kier alpha value is -2.43. The molecule has 20 heavy (non-hydrogen) atoms. The van der Waals surface area contributed by atoms with Crippen molar-refractivity contribution < 1.29 is 18.7 Å². The molecule has 0 fully saturated rings. The number of amides is 1. The van der Waals surface area contributed by atoms with Crippen LogP contribution < -0.4 is 14.8 Å². The van der Waals surface area contributed by atoms with E-state index in [1.165, 1.54) is 0 Å². The van der Waals surface area contributed by atoms with Gasteiger partial charge in [0.2, 0.25) is 6.79 Å². The highest BCUT2D eigenvalue weighted by Gasteiger charge is 2.14. The van der Waals surface area contributed by atoms with E-state index in [1.54, 1.807) is 6.07 Å². The number of nitrogens with one attached hydrogen (secondary N) is 1. The molecule has 1 aliphatic heterocycles. The number of benzene rings is 1. The van der Waals surface area contributed by atoms with Crippen LogP contribution in [0.1, 0.15) is 28.8 Å². The molecule has 2 heterocycles. The van der Waals surface area contributed by atoms with Crippen LogP contribution in [0.5, 0.6) is 11.5 Å². The first-order chi connectivity index (χ1) is 9.76. The molecule has 0 atom stereocenters. The molecule has 5 nitrogen and oxygen atoms in total. The highest BCUT2D eigenvalue weighted by molar-refractivity contribution is 5.91. The quantitative estimate of drug-likeness (QED) is 0.929. The van der Waals surface area contributed by atoms with Crippen LogP contribution in [0.2, 0.25) is 0 Å². The number of aryl methyl sites for hydroxylation is 1. The maximum Gasteiger partial charge on any atom is 0.287 e. The Morgan fingerprint density at radius 2 is 2.05 bits per heavy atom. The zero-order valence-corrected chi connectivity index (χ0v) is 11.1. The Labute approximate surface area is 116 Å². The molecular formula is C15H15NO4. The van der Waals surface area contributed by atoms with E-state index in [2.05, 4.69) is 5.32 Å². The summed E-state index contributed by atoms with van der Waals surface area (Å²) in [6.07, 6.45) is 0.773. The van der Waals surface area contributed by atoms with E-state index in [-0.39, 0.29) is 12.7 Å². The van der Waals surface area contributed by atoms with Gasteiger partial charge in [-0.1, -0.05) is 13.0 Å². The number of rotatable bonds is 4. The van der Waals surface area contributed by atoms with E-state index in [0.717, 1.165) is 23.5 Å². The molecule has 1 amide bonds. The largest absolute Gasteiger partial charge is 0.456 e. The maximum absolute atomic E-state index is 11.9. The summed E-state index contributed by atoms with van der Waals surface area (Å²) >= 11 is 0. The van der Waals surface area contributed by atoms with Gasteiger partial charge in [-0.2, -0.15) is 0 Å². The lowest BCUT2D eigenvalue weighted by atomic mass is 10.2. The summed E-state index contributed by atoms with van der Waals surface area (Å²) in [6.45, 7) is 2.64. The normalized spacial score (nSPS) is 12.4. The molecule has 104 valence electrons. The van der Waals surface area contributed by atoms with Crippen molar-refractivity contribution in [1.82, 2.24) is 5.32 Å². The summed E-state index contributed by atoms with van der Waals surface area (Å²) < 4.78 is 15.9. The topological polar surface area (TPSA) is 60.7 Å². The second kappa shape index (κ2) is 5.28. The molecule has 0 unspecified atom stereocenters. The third kappa shape index (κ3) is 2.47. The number of hydrogen-bond acceptors (Lipinski definition) is 4. The van der Waals surface area contributed by atoms with Crippen LogP contribution in [0.3, 0.4) is 0 Å². The number of ether oxygens (including phenoxy) is 2. The van der Waals surface area contributed by atoms with Crippen molar-refractivity contribution in [2.24, 2.45) is 0 Å². The van der Waals surface area contributed by atoms with E-state index in [1.807, 2.05) is 31.2 Å². The Morgan fingerprint density at radius 3 is 2.85 bits per heavy atom. The minimum absolute atomic E-state index is 0.220. The molecule has 1 aromatic carbocycles. The minimum atomic E-state index is -0.220. The Kier molecular flexibility index (Phi) is 3.33. The number of carbonyl (C=O) groups is 1. The molecule has 0 radical (unpaired) electrons. The molecule has 2 aromatic rings. The summed E-state index contributed by atoms with van der Waals surface area (Å²) in [5, 5.41) is 2.81. The van der Waals surface area contributed by atoms with E-state index < -0.39 is 0 Å². The second-order valence-electron chi connectivity index (χ2n) is 4.49. The van der Waals surface area contributed by atoms with Gasteiger partial charge >= 0.3 is 0 Å². The molecule has 3 rings (SSSR count). The third-order valence-corrected chi connectivity index (χ3v) is 3.12. The highest BCUT2D eigenvalue weighted by Crippen LogP contribution is 2.32. The van der Waals surface area contributed by atoms with Crippen LogP contribution in [0.25, 0.3) is 0 Å². The SMILES string of the molecule is CCc1ccc(C(=O)NCc2ccc3c(c2)OCO3)o1. The third-order valence-electron chi connectivity index (χ3n) is 3.12. The van der Waals surface area contributed by atoms with Crippen molar-refractivity contribution in [2.75, 3.05) is 6.79 Å². The Balaban J connectivity index is 1.63. The molecule has 0 spiro atoms. The first-order valence-electron chi connectivity index (χ1n) is 6.51. The van der Waals surface area contributed by atoms with Crippen LogP contribution in [0.15, 0.2) is 34.7 Å². The van der Waals surface area contributed by atoms with Gasteiger partial charge in [-0.15, -0.1) is 0 Å². The predicted octanol–water partition coefficient (Wildman–Crippen LogP) is 2.50. The number of hydrogen-bond donors (Lipinski definition) is 1. The molecule has 5 heteroatoms. The maximum atomic E-state index is 11.9. The zero-order valence-electron chi connectivity index (χ0n) is 11.1. The minimum Gasteiger partial charge on any atom is -0.456 e. The smallest absolute Gasteiger partial charge is 0.287 e. The van der Waals surface area contributed by atoms with Gasteiger partial charge in [-0.3, -0.25) is 4.79 Å². The molecule has 1 aliphatic rings. The highest BCUT2D eigenvalue weighted by atomic mass is 16.7. The standard InChI is InChI=1S/C15H15NO4/c1-2-11-4-6-13(20-11)15(17)16-8-10-3-5-12-14(7-10)19-9-18-12/h3-7H,2,8-9H2,1H3,(H,16,17). The van der Waals surface area contributed by atoms with Crippen molar-refractivity contribution in [3.8, 4) is 11.5 Å². The van der Waals surface area contributed by atoms with Crippen LogP contribution >= 0.6 is 0 Å². The van der Waals surface area contributed by atoms with Crippen LogP contribution in [0.4, 0.5) is 0 Å². The number of carbonyl (C=O) groups excluding carboxylic acids is 1. The van der Waals surface area contributed by atoms with Crippen molar-refractivity contribution in [3.05, 3.63) is 47.4 Å². The van der Waals surface area contributed by atoms with E-state index in [4.69, 9.17) is 13.9 Å². The summed E-state index contributed by atoms with van der Waals surface area (Å²) in [4.78, 5) is 11.9. The van der Waals surface area contributed by atoms with Crippen LogP contribution in [-0.4, -0.2) is 12.7 Å². The predicted molar refractivity (Wildman–Crippen MR) is 71.8 cm³/mol. The first-order valence-corrected chi connectivity index (χ1v) is 6.51. The first kappa shape index (κ1) is 12.6. The van der Waals surface area contributed by atoms with Crippen molar-refractivity contribution in [2.45, 2.75) is 19.9 Å². The summed E-state index contributed by atoms with van der Waals surface area (Å²) in [5.41, 5.74) is 0.949. The van der Waals surface area contributed by atoms with Crippen LogP contribution in [-0.2, 0) is 13.0 Å². The fraction of sp³-hybridized carbons (Fsp3) is 0.267. The average Bonchev–Trinajstić information content (AvgIpc) is 3.12. The van der Waals surface area contributed by atoms with Crippen molar-refractivity contribution >= 4 is 5.91 Å². The van der Waals surface area contributed by atoms with Gasteiger partial charge < -0.3 is 19.2 Å². The molecule has 0 bridgehead atoms. The van der Waals surface area contributed by atoms with Crippen molar-refractivity contribution in [1.29, 1.82) is 0 Å². The van der Waals surface area contributed by atoms with E-state index >= 15 is 0 Å². The molecule has 1 N–H and O–H groups in total. The molecule has 0 saturated carbocycles. The molecule has 0 aliphatic carbocycles. The Bertz CT molecular complexity index is 633. The van der Waals surface area contributed by atoms with Crippen molar-refractivity contribution in [3.63, 3.8) is 0 Å². The van der Waals surface area contributed by atoms with Gasteiger partial charge in [-0.05, 0) is 29.8 Å². The lowest BCUT2D eigenvalue weighted by Crippen LogP contribution is -2.22. The van der Waals surface area contributed by atoms with Gasteiger partial charge in [0, 0.05) is 13.0 Å². The van der Waals surface area contributed by atoms with Crippen LogP contribution in [0, 0.1) is 0 Å². The van der Waals surface area contributed by atoms with Gasteiger partial charge in [-0.25, -0.2) is 0 Å². The molecular weight excluding hydrogens is 258 g/mol. The molecule has 0 saturated heterocycles. The zero-order chi connectivity index (χ0) is 13.9.